The topological polar surface area (TPSA) is 27.7 Å². The molecule has 0 aromatic carbocycles. The maximum absolute atomic E-state index is 5.68. The van der Waals surface area contributed by atoms with Crippen molar-refractivity contribution in [2.45, 2.75) is 50.9 Å². The Morgan fingerprint density at radius 3 is 2.42 bits per heavy atom. The van der Waals surface area contributed by atoms with E-state index in [1.807, 2.05) is 0 Å². The zero-order valence-electron chi connectivity index (χ0n) is 12.1. The Bertz CT molecular complexity index is 315. The zero-order valence-corrected chi connectivity index (χ0v) is 12.1. The first kappa shape index (κ1) is 14.4. The number of methoxy groups -OCH3 is 1. The van der Waals surface area contributed by atoms with Crippen LogP contribution in [0.1, 0.15) is 32.6 Å². The lowest BCUT2D eigenvalue weighted by Gasteiger charge is -2.48. The van der Waals surface area contributed by atoms with Gasteiger partial charge in [-0.05, 0) is 43.4 Å². The Labute approximate surface area is 116 Å². The Morgan fingerprint density at radius 1 is 1.05 bits per heavy atom. The van der Waals surface area contributed by atoms with Crippen LogP contribution in [-0.2, 0) is 14.2 Å². The highest BCUT2D eigenvalue weighted by Crippen LogP contribution is 2.46. The summed E-state index contributed by atoms with van der Waals surface area (Å²) in [6, 6.07) is 0. The normalized spacial score (nSPS) is 42.0. The largest absolute Gasteiger partial charge is 0.499 e. The fourth-order valence-corrected chi connectivity index (χ4v) is 4.06. The summed E-state index contributed by atoms with van der Waals surface area (Å²) < 4.78 is 16.9. The molecule has 0 spiro atoms. The van der Waals surface area contributed by atoms with Crippen LogP contribution in [0.4, 0.5) is 0 Å². The molecule has 0 bridgehead atoms. The van der Waals surface area contributed by atoms with Crippen LogP contribution in [0, 0.1) is 17.8 Å². The lowest BCUT2D eigenvalue weighted by Crippen LogP contribution is -2.49. The third-order valence-corrected chi connectivity index (χ3v) is 4.93. The van der Waals surface area contributed by atoms with Crippen molar-refractivity contribution in [3.05, 3.63) is 25.7 Å². The molecular formula is C16H26O3. The molecule has 0 saturated heterocycles. The SMILES string of the molecule is C=COC1CCC2CC(OC=C)C(OC)C(C)C2C1. The highest BCUT2D eigenvalue weighted by Gasteiger charge is 2.46. The van der Waals surface area contributed by atoms with E-state index < -0.39 is 0 Å². The van der Waals surface area contributed by atoms with Crippen molar-refractivity contribution in [2.24, 2.45) is 17.8 Å². The van der Waals surface area contributed by atoms with E-state index in [-0.39, 0.29) is 12.2 Å². The Kier molecular flexibility index (Phi) is 4.92. The van der Waals surface area contributed by atoms with Crippen LogP contribution in [-0.4, -0.2) is 25.4 Å². The third kappa shape index (κ3) is 2.97. The summed E-state index contributed by atoms with van der Waals surface area (Å²) in [4.78, 5) is 0. The van der Waals surface area contributed by atoms with Crippen LogP contribution in [0.3, 0.4) is 0 Å². The van der Waals surface area contributed by atoms with Crippen molar-refractivity contribution >= 4 is 0 Å². The molecule has 6 unspecified atom stereocenters. The maximum atomic E-state index is 5.68. The fraction of sp³-hybridized carbons (Fsp3) is 0.750. The van der Waals surface area contributed by atoms with Crippen molar-refractivity contribution in [1.82, 2.24) is 0 Å². The molecule has 0 amide bonds. The molecule has 108 valence electrons. The number of fused-ring (bicyclic) bond motifs is 1. The highest BCUT2D eigenvalue weighted by atomic mass is 16.5. The van der Waals surface area contributed by atoms with E-state index in [0.29, 0.717) is 17.9 Å². The molecule has 0 heterocycles. The second kappa shape index (κ2) is 6.47. The lowest BCUT2D eigenvalue weighted by atomic mass is 9.63. The summed E-state index contributed by atoms with van der Waals surface area (Å²) in [6.45, 7) is 9.63. The number of rotatable bonds is 5. The quantitative estimate of drug-likeness (QED) is 0.713. The van der Waals surface area contributed by atoms with E-state index >= 15 is 0 Å². The van der Waals surface area contributed by atoms with E-state index in [0.717, 1.165) is 25.2 Å². The number of ether oxygens (including phenoxy) is 3. The maximum Gasteiger partial charge on any atom is 0.124 e. The molecule has 2 rings (SSSR count). The second-order valence-corrected chi connectivity index (χ2v) is 5.80. The molecule has 0 aromatic heterocycles. The fourth-order valence-electron chi connectivity index (χ4n) is 4.06. The van der Waals surface area contributed by atoms with Gasteiger partial charge in [0.05, 0.1) is 24.7 Å². The van der Waals surface area contributed by atoms with Gasteiger partial charge in [0.2, 0.25) is 0 Å². The second-order valence-electron chi connectivity index (χ2n) is 5.80. The highest BCUT2D eigenvalue weighted by molar-refractivity contribution is 4.96. The van der Waals surface area contributed by atoms with Gasteiger partial charge in [0.25, 0.3) is 0 Å². The van der Waals surface area contributed by atoms with E-state index in [2.05, 4.69) is 20.1 Å². The first-order valence-electron chi connectivity index (χ1n) is 7.26. The summed E-state index contributed by atoms with van der Waals surface area (Å²) in [5, 5.41) is 0. The van der Waals surface area contributed by atoms with Gasteiger partial charge in [-0.25, -0.2) is 0 Å². The molecular weight excluding hydrogens is 240 g/mol. The van der Waals surface area contributed by atoms with Crippen LogP contribution >= 0.6 is 0 Å². The standard InChI is InChI=1S/C16H26O3/c1-5-18-13-8-7-12-9-15(19-6-2)16(17-4)11(3)14(12)10-13/h5-6,11-16H,1-2,7-10H2,3-4H3. The minimum absolute atomic E-state index is 0.149. The molecule has 2 aliphatic rings. The summed E-state index contributed by atoms with van der Waals surface area (Å²) in [5.41, 5.74) is 0. The van der Waals surface area contributed by atoms with Crippen molar-refractivity contribution in [3.63, 3.8) is 0 Å². The van der Waals surface area contributed by atoms with Gasteiger partial charge in [0.15, 0.2) is 0 Å². The molecule has 2 saturated carbocycles. The van der Waals surface area contributed by atoms with Crippen molar-refractivity contribution < 1.29 is 14.2 Å². The van der Waals surface area contributed by atoms with Gasteiger partial charge in [0.1, 0.15) is 6.10 Å². The van der Waals surface area contributed by atoms with Crippen molar-refractivity contribution in [3.8, 4) is 0 Å². The van der Waals surface area contributed by atoms with Gasteiger partial charge < -0.3 is 14.2 Å². The molecule has 0 N–H and O–H groups in total. The summed E-state index contributed by atoms with van der Waals surface area (Å²) in [5.74, 6) is 1.87. The van der Waals surface area contributed by atoms with Gasteiger partial charge in [0, 0.05) is 7.11 Å². The molecule has 0 radical (unpaired) electrons. The van der Waals surface area contributed by atoms with Gasteiger partial charge in [-0.3, -0.25) is 0 Å². The lowest BCUT2D eigenvalue weighted by molar-refractivity contribution is -0.125. The molecule has 3 heteroatoms. The first-order valence-corrected chi connectivity index (χ1v) is 7.26. The van der Waals surface area contributed by atoms with Crippen molar-refractivity contribution in [2.75, 3.05) is 7.11 Å². The monoisotopic (exact) mass is 266 g/mol. The molecule has 6 atom stereocenters. The van der Waals surface area contributed by atoms with Gasteiger partial charge in [-0.1, -0.05) is 20.1 Å². The van der Waals surface area contributed by atoms with E-state index in [1.54, 1.807) is 19.6 Å². The minimum atomic E-state index is 0.149. The van der Waals surface area contributed by atoms with Crippen molar-refractivity contribution in [1.29, 1.82) is 0 Å². The average Bonchev–Trinajstić information content (AvgIpc) is 2.41. The molecule has 2 fully saturated rings. The summed E-state index contributed by atoms with van der Waals surface area (Å²) in [7, 11) is 1.78. The van der Waals surface area contributed by atoms with Crippen LogP contribution in [0.15, 0.2) is 25.7 Å². The summed E-state index contributed by atoms with van der Waals surface area (Å²) >= 11 is 0. The summed E-state index contributed by atoms with van der Waals surface area (Å²) in [6.07, 6.45) is 8.28. The van der Waals surface area contributed by atoms with E-state index in [9.17, 15) is 0 Å². The molecule has 0 aliphatic heterocycles. The van der Waals surface area contributed by atoms with Crippen LogP contribution < -0.4 is 0 Å². The average molecular weight is 266 g/mol. The van der Waals surface area contributed by atoms with Gasteiger partial charge in [-0.15, -0.1) is 0 Å². The Morgan fingerprint density at radius 2 is 1.79 bits per heavy atom. The molecule has 19 heavy (non-hydrogen) atoms. The van der Waals surface area contributed by atoms with E-state index in [4.69, 9.17) is 14.2 Å². The van der Waals surface area contributed by atoms with Crippen LogP contribution in [0.2, 0.25) is 0 Å². The Hall–Kier alpha value is -0.960. The predicted octanol–water partition coefficient (Wildman–Crippen LogP) is 3.51. The third-order valence-electron chi connectivity index (χ3n) is 4.93. The van der Waals surface area contributed by atoms with Crippen LogP contribution in [0.25, 0.3) is 0 Å². The van der Waals surface area contributed by atoms with Gasteiger partial charge >= 0.3 is 0 Å². The minimum Gasteiger partial charge on any atom is -0.499 e. The Balaban J connectivity index is 2.06. The van der Waals surface area contributed by atoms with E-state index in [1.165, 1.54) is 6.42 Å². The van der Waals surface area contributed by atoms with Crippen LogP contribution in [0.5, 0.6) is 0 Å². The molecule has 2 aliphatic carbocycles. The zero-order chi connectivity index (χ0) is 13.8. The first-order chi connectivity index (χ1) is 9.21. The number of hydrogen-bond acceptors (Lipinski definition) is 3. The molecule has 3 nitrogen and oxygen atoms in total. The molecule has 0 aromatic rings. The number of hydrogen-bond donors (Lipinski definition) is 0. The predicted molar refractivity (Wildman–Crippen MR) is 75.5 cm³/mol. The van der Waals surface area contributed by atoms with Gasteiger partial charge in [-0.2, -0.15) is 0 Å². The smallest absolute Gasteiger partial charge is 0.124 e.